The molecule has 2 atom stereocenters. The van der Waals surface area contributed by atoms with E-state index in [9.17, 15) is 9.59 Å². The highest BCUT2D eigenvalue weighted by molar-refractivity contribution is 7.10. The number of hydrogen-bond donors (Lipinski definition) is 1. The van der Waals surface area contributed by atoms with Gasteiger partial charge in [0.15, 0.2) is 23.0 Å². The molecule has 4 aromatic rings. The molecular formula is C30H32N6O7S. The summed E-state index contributed by atoms with van der Waals surface area (Å²) >= 11 is 1.40. The van der Waals surface area contributed by atoms with Gasteiger partial charge in [-0.1, -0.05) is 12.1 Å². The normalized spacial score (nSPS) is 16.0. The quantitative estimate of drug-likeness (QED) is 0.251. The Kier molecular flexibility index (Phi) is 8.89. The van der Waals surface area contributed by atoms with Crippen LogP contribution in [0.3, 0.4) is 0 Å². The highest BCUT2D eigenvalue weighted by atomic mass is 32.1. The van der Waals surface area contributed by atoms with Crippen LogP contribution in [-0.2, 0) is 27.4 Å². The number of nitrogens with one attached hydrogen (secondary N) is 1. The number of ether oxygens (including phenoxy) is 5. The van der Waals surface area contributed by atoms with Crippen molar-refractivity contribution >= 4 is 23.2 Å². The lowest BCUT2D eigenvalue weighted by atomic mass is 10.1. The van der Waals surface area contributed by atoms with E-state index in [1.807, 2.05) is 29.6 Å². The van der Waals surface area contributed by atoms with Gasteiger partial charge in [0.2, 0.25) is 24.4 Å². The van der Waals surface area contributed by atoms with Crippen LogP contribution < -0.4 is 24.3 Å². The molecule has 44 heavy (non-hydrogen) atoms. The van der Waals surface area contributed by atoms with Crippen LogP contribution in [0.15, 0.2) is 53.9 Å². The molecule has 0 bridgehead atoms. The van der Waals surface area contributed by atoms with Crippen molar-refractivity contribution in [3.63, 3.8) is 0 Å². The Labute approximate surface area is 257 Å². The molecule has 2 aromatic heterocycles. The molecule has 2 aliphatic heterocycles. The molecule has 1 saturated heterocycles. The van der Waals surface area contributed by atoms with E-state index >= 15 is 0 Å². The summed E-state index contributed by atoms with van der Waals surface area (Å²) in [5.74, 6) is 1.94. The third-order valence-electron chi connectivity index (χ3n) is 7.38. The number of methoxy groups -OCH3 is 2. The summed E-state index contributed by atoms with van der Waals surface area (Å²) in [5.41, 5.74) is 1.41. The van der Waals surface area contributed by atoms with E-state index in [-0.39, 0.29) is 37.8 Å². The predicted molar refractivity (Wildman–Crippen MR) is 159 cm³/mol. The zero-order valence-corrected chi connectivity index (χ0v) is 25.1. The molecule has 13 nitrogen and oxygen atoms in total. The van der Waals surface area contributed by atoms with Gasteiger partial charge in [0.25, 0.3) is 0 Å². The molecule has 2 aliphatic rings. The van der Waals surface area contributed by atoms with E-state index in [0.29, 0.717) is 47.5 Å². The number of thiophene rings is 1. The second-order valence-corrected chi connectivity index (χ2v) is 11.2. The Morgan fingerprint density at radius 2 is 1.98 bits per heavy atom. The van der Waals surface area contributed by atoms with Gasteiger partial charge >= 0.3 is 0 Å². The fraction of sp³-hybridized carbons (Fsp3) is 0.367. The summed E-state index contributed by atoms with van der Waals surface area (Å²) in [6.07, 6.45) is 1.79. The Bertz CT molecular complexity index is 1610. The number of amides is 2. The molecule has 0 radical (unpaired) electrons. The molecule has 0 aliphatic carbocycles. The first kappa shape index (κ1) is 29.4. The number of carbonyl (C=O) groups excluding carboxylic acids is 2. The largest absolute Gasteiger partial charge is 0.493 e. The van der Waals surface area contributed by atoms with Crippen LogP contribution in [0, 0.1) is 0 Å². The minimum atomic E-state index is -0.900. The monoisotopic (exact) mass is 620 g/mol. The van der Waals surface area contributed by atoms with Gasteiger partial charge in [0.05, 0.1) is 20.3 Å². The molecule has 0 saturated carbocycles. The fourth-order valence-electron chi connectivity index (χ4n) is 5.16. The molecule has 1 N–H and O–H groups in total. The van der Waals surface area contributed by atoms with E-state index < -0.39 is 6.04 Å². The topological polar surface area (TPSA) is 139 Å². The zero-order chi connectivity index (χ0) is 30.5. The van der Waals surface area contributed by atoms with Crippen LogP contribution in [0.25, 0.3) is 11.4 Å². The van der Waals surface area contributed by atoms with Gasteiger partial charge in [-0.3, -0.25) is 9.59 Å². The number of rotatable bonds is 12. The third kappa shape index (κ3) is 6.45. The molecule has 14 heteroatoms. The lowest BCUT2D eigenvalue weighted by Gasteiger charge is -2.31. The smallest absolute Gasteiger partial charge is 0.248 e. The molecule has 1 fully saturated rings. The minimum Gasteiger partial charge on any atom is -0.493 e. The van der Waals surface area contributed by atoms with E-state index in [2.05, 4.69) is 20.7 Å². The maximum Gasteiger partial charge on any atom is 0.248 e. The van der Waals surface area contributed by atoms with Gasteiger partial charge in [-0.25, -0.2) is 0 Å². The molecule has 4 heterocycles. The first-order valence-corrected chi connectivity index (χ1v) is 15.0. The van der Waals surface area contributed by atoms with Crippen LogP contribution in [0.1, 0.15) is 29.3 Å². The second kappa shape index (κ2) is 13.3. The Hall–Kier alpha value is -4.69. The number of hydrogen-bond acceptors (Lipinski definition) is 11. The van der Waals surface area contributed by atoms with Gasteiger partial charge in [0, 0.05) is 30.1 Å². The standard InChI is InChI=1S/C30H32N6O7S/c1-39-22-10-8-20(14-24(22)40-2)29-32-34-36(33-29)17-27(37)35(16-19-7-9-23-25(13-19)43-18-42-23)28(26-6-4-12-44-26)30(38)31-15-21-5-3-11-41-21/h4,6-10,12-14,21,28H,3,5,11,15-18H2,1-2H3,(H,31,38)/t21-,28+/m0/s1. The summed E-state index contributed by atoms with van der Waals surface area (Å²) in [5, 5.41) is 17.6. The van der Waals surface area contributed by atoms with E-state index in [0.717, 1.165) is 23.3 Å². The molecule has 6 rings (SSSR count). The lowest BCUT2D eigenvalue weighted by molar-refractivity contribution is -0.142. The van der Waals surface area contributed by atoms with Crippen LogP contribution in [0.2, 0.25) is 0 Å². The highest BCUT2D eigenvalue weighted by Crippen LogP contribution is 2.35. The molecule has 0 spiro atoms. The number of tetrazole rings is 1. The average molecular weight is 621 g/mol. The van der Waals surface area contributed by atoms with Gasteiger partial charge in [-0.2, -0.15) is 4.80 Å². The van der Waals surface area contributed by atoms with Crippen LogP contribution in [0.4, 0.5) is 0 Å². The summed E-state index contributed by atoms with van der Waals surface area (Å²) < 4.78 is 27.4. The number of nitrogens with zero attached hydrogens (tertiary/aromatic N) is 5. The maximum absolute atomic E-state index is 14.1. The van der Waals surface area contributed by atoms with Crippen LogP contribution in [-0.4, -0.2) is 77.2 Å². The predicted octanol–water partition coefficient (Wildman–Crippen LogP) is 3.21. The highest BCUT2D eigenvalue weighted by Gasteiger charge is 2.34. The summed E-state index contributed by atoms with van der Waals surface area (Å²) in [6.45, 7) is 1.06. The summed E-state index contributed by atoms with van der Waals surface area (Å²) in [4.78, 5) is 31.4. The first-order valence-electron chi connectivity index (χ1n) is 14.1. The van der Waals surface area contributed by atoms with Crippen molar-refractivity contribution in [3.05, 3.63) is 64.4 Å². The average Bonchev–Trinajstić information content (AvgIpc) is 3.87. The lowest BCUT2D eigenvalue weighted by Crippen LogP contribution is -2.45. The molecule has 2 aromatic carbocycles. The van der Waals surface area contributed by atoms with Gasteiger partial charge in [-0.15, -0.1) is 21.5 Å². The van der Waals surface area contributed by atoms with E-state index in [4.69, 9.17) is 23.7 Å². The van der Waals surface area contributed by atoms with Gasteiger partial charge in [-0.05, 0) is 65.4 Å². The SMILES string of the molecule is COc1ccc(-c2nnn(CC(=O)N(Cc3ccc4c(c3)OCO4)[C@@H](C(=O)NC[C@@H]3CCCO3)c3cccs3)n2)cc1OC. The van der Waals surface area contributed by atoms with Gasteiger partial charge < -0.3 is 33.9 Å². The number of fused-ring (bicyclic) bond motifs is 1. The molecular weight excluding hydrogens is 588 g/mol. The molecule has 2 amide bonds. The van der Waals surface area contributed by atoms with E-state index in [1.165, 1.54) is 21.0 Å². The Morgan fingerprint density at radius 3 is 2.75 bits per heavy atom. The number of benzene rings is 2. The minimum absolute atomic E-state index is 0.0460. The van der Waals surface area contributed by atoms with Crippen molar-refractivity contribution in [3.8, 4) is 34.4 Å². The van der Waals surface area contributed by atoms with Crippen molar-refractivity contribution in [2.24, 2.45) is 0 Å². The second-order valence-electron chi connectivity index (χ2n) is 10.2. The van der Waals surface area contributed by atoms with Crippen molar-refractivity contribution in [1.29, 1.82) is 0 Å². The Morgan fingerprint density at radius 1 is 1.11 bits per heavy atom. The third-order valence-corrected chi connectivity index (χ3v) is 8.31. The van der Waals surface area contributed by atoms with Crippen molar-refractivity contribution in [1.82, 2.24) is 30.4 Å². The zero-order valence-electron chi connectivity index (χ0n) is 24.3. The Balaban J connectivity index is 1.28. The van der Waals surface area contributed by atoms with Crippen molar-refractivity contribution < 1.29 is 33.3 Å². The maximum atomic E-state index is 14.1. The van der Waals surface area contributed by atoms with Gasteiger partial charge in [0.1, 0.15) is 12.6 Å². The number of carbonyl (C=O) groups is 2. The van der Waals surface area contributed by atoms with Crippen molar-refractivity contribution in [2.45, 2.75) is 38.1 Å². The van der Waals surface area contributed by atoms with Crippen LogP contribution >= 0.6 is 11.3 Å². The fourth-order valence-corrected chi connectivity index (χ4v) is 5.99. The number of aromatic nitrogens is 4. The molecule has 0 unspecified atom stereocenters. The van der Waals surface area contributed by atoms with Crippen molar-refractivity contribution in [2.75, 3.05) is 34.2 Å². The summed E-state index contributed by atoms with van der Waals surface area (Å²) in [6, 6.07) is 13.5. The van der Waals surface area contributed by atoms with E-state index in [1.54, 1.807) is 38.5 Å². The van der Waals surface area contributed by atoms with Crippen LogP contribution in [0.5, 0.6) is 23.0 Å². The first-order chi connectivity index (χ1) is 21.5. The summed E-state index contributed by atoms with van der Waals surface area (Å²) in [7, 11) is 3.10. The molecule has 230 valence electrons.